The van der Waals surface area contributed by atoms with Gasteiger partial charge in [0.2, 0.25) is 0 Å². The van der Waals surface area contributed by atoms with Crippen molar-refractivity contribution >= 4 is 0 Å². The van der Waals surface area contributed by atoms with E-state index in [4.69, 9.17) is 0 Å². The molecule has 0 aromatic rings. The molecule has 0 unspecified atom stereocenters. The first-order valence-corrected chi connectivity index (χ1v) is 0. The van der Waals surface area contributed by atoms with Crippen LogP contribution in [0.2, 0.25) is 0 Å². The van der Waals surface area contributed by atoms with E-state index in [1.54, 1.807) is 0 Å². The number of hydrogen-bond donors (Lipinski definition) is 0. The molecule has 0 amide bonds. The molecule has 0 aliphatic heterocycles. The Balaban J connectivity index is 0. The molecule has 0 aromatic carbocycles. The van der Waals surface area contributed by atoms with Gasteiger partial charge in [-0.3, -0.25) is 0 Å². The van der Waals surface area contributed by atoms with Gasteiger partial charge in [-0.1, -0.05) is 0 Å². The maximum atomic E-state index is 0. The van der Waals surface area contributed by atoms with Gasteiger partial charge in [-0.15, -0.1) is 0 Å². The molecule has 0 radical (unpaired) electrons. The summed E-state index contributed by atoms with van der Waals surface area (Å²) in [5.41, 5.74) is 0. The van der Waals surface area contributed by atoms with Crippen LogP contribution in [0.4, 0.5) is 0 Å². The topological polar surface area (TPSA) is 0 Å². The van der Waals surface area contributed by atoms with Crippen molar-refractivity contribution in [1.29, 1.82) is 0 Å². The minimum atomic E-state index is 0. The smallest absolute Gasteiger partial charge is 1.00 e. The van der Waals surface area contributed by atoms with E-state index in [9.17, 15) is 0 Å². The Labute approximate surface area is 120 Å². The maximum Gasteiger partial charge on any atom is 3.00 e. The average Bonchev–Trinajstić information content (AvgIpc) is 0. The van der Waals surface area contributed by atoms with Gasteiger partial charge >= 0.3 is 89.3 Å². The second-order valence-electron chi connectivity index (χ2n) is 0. The fraction of sp³-hybridized carbons (Fsp3) is 0. The molecule has 0 bridgehead atoms. The van der Waals surface area contributed by atoms with Crippen LogP contribution in [0.3, 0.4) is 0 Å². The Hall–Kier alpha value is 2.47. The molecule has 0 rings (SSSR count). The van der Waals surface area contributed by atoms with Crippen LogP contribution < -0.4 is 51.8 Å². The second-order valence-corrected chi connectivity index (χ2v) is 0. The van der Waals surface area contributed by atoms with Crippen LogP contribution >= 0.6 is 0 Å². The van der Waals surface area contributed by atoms with E-state index in [-0.39, 0.29) is 122 Å². The number of halogens is 7. The van der Waals surface area contributed by atoms with Gasteiger partial charge in [-0.05, 0) is 0 Å². The van der Waals surface area contributed by atoms with E-state index >= 15 is 0 Å². The Morgan fingerprint density at radius 2 is 0.400 bits per heavy atom. The normalized spacial score (nSPS) is 0. The van der Waals surface area contributed by atoms with Crippen LogP contribution in [0.15, 0.2) is 0 Å². The predicted octanol–water partition coefficient (Wildman–Crippen LogP) is -24.0. The van der Waals surface area contributed by atoms with Crippen LogP contribution in [0.25, 0.3) is 0 Å². The van der Waals surface area contributed by atoms with Gasteiger partial charge in [-0.2, -0.15) is 0 Å². The molecule has 10 heteroatoms. The maximum absolute atomic E-state index is 0. The van der Waals surface area contributed by atoms with Crippen LogP contribution in [0, 0.1) is 37.7 Å². The van der Waals surface area contributed by atoms with Gasteiger partial charge in [0.1, 0.15) is 0 Å². The predicted molar refractivity (Wildman–Crippen MR) is 0 cm³/mol. The van der Waals surface area contributed by atoms with Crippen molar-refractivity contribution in [3.05, 3.63) is 0 Å². The van der Waals surface area contributed by atoms with Crippen LogP contribution in [-0.4, -0.2) is 0 Å². The Bertz CT molecular complexity index is 13.6. The zero-order valence-corrected chi connectivity index (χ0v) is 9.30. The molecule has 0 saturated heterocycles. The molecule has 0 aromatic heterocycles. The van der Waals surface area contributed by atoms with E-state index in [0.29, 0.717) is 0 Å². The summed E-state index contributed by atoms with van der Waals surface area (Å²) in [6, 6.07) is 0. The quantitative estimate of drug-likeness (QED) is 0.283. The first-order valence-electron chi connectivity index (χ1n) is 0. The molecule has 0 aliphatic rings. The number of hydrogen-bond acceptors (Lipinski definition) is 0. The van der Waals surface area contributed by atoms with Crippen LogP contribution in [0.5, 0.6) is 0 Å². The number of rotatable bonds is 0. The molecule has 0 aliphatic carbocycles. The summed E-state index contributed by atoms with van der Waals surface area (Å²) in [5, 5.41) is 0. The van der Waals surface area contributed by atoms with Crippen LogP contribution in [-0.2, 0) is 32.7 Å². The van der Waals surface area contributed by atoms with Crippen molar-refractivity contribution in [1.82, 2.24) is 0 Å². The van der Waals surface area contributed by atoms with Crippen LogP contribution in [0.1, 0.15) is 0 Å². The SMILES string of the molecule is [F-].[F-].[F-].[F-].[F-].[F-].[F-].[Ho+3].[Li+].[Y+3]. The first-order chi connectivity index (χ1) is 0. The fourth-order valence-corrected chi connectivity index (χ4v) is 0. The summed E-state index contributed by atoms with van der Waals surface area (Å²) < 4.78 is 0. The van der Waals surface area contributed by atoms with Gasteiger partial charge in [0, 0.05) is 0 Å². The van der Waals surface area contributed by atoms with Crippen molar-refractivity contribution in [2.24, 2.45) is 0 Å². The summed E-state index contributed by atoms with van der Waals surface area (Å²) in [6.45, 7) is 0. The standard InChI is InChI=1S/7FH.Ho.Li.Y/h7*1H;;;/q;;;;;;;+3;+1;+3/p-7. The third kappa shape index (κ3) is 154. The summed E-state index contributed by atoms with van der Waals surface area (Å²) in [6.07, 6.45) is 0. The Morgan fingerprint density at radius 3 is 0.400 bits per heavy atom. The molecular weight excluding hydrogens is 394 g/mol. The van der Waals surface area contributed by atoms with Gasteiger partial charge in [-0.25, -0.2) is 0 Å². The molecule has 0 fully saturated rings. The van der Waals surface area contributed by atoms with Crippen molar-refractivity contribution in [3.8, 4) is 0 Å². The van der Waals surface area contributed by atoms with Gasteiger partial charge < -0.3 is 32.9 Å². The van der Waals surface area contributed by atoms with E-state index < -0.39 is 0 Å². The molecule has 64 valence electrons. The fourth-order valence-electron chi connectivity index (χ4n) is 0. The Kier molecular flexibility index (Phi) is 5540. The first kappa shape index (κ1) is 269. The minimum Gasteiger partial charge on any atom is -1.00 e. The molecular formula is F7HoLiY. The Morgan fingerprint density at radius 1 is 0.400 bits per heavy atom. The van der Waals surface area contributed by atoms with E-state index in [1.165, 1.54) is 0 Å². The molecule has 0 N–H and O–H groups in total. The van der Waals surface area contributed by atoms with Crippen molar-refractivity contribution in [3.63, 3.8) is 0 Å². The molecule has 0 atom stereocenters. The largest absolute Gasteiger partial charge is 3.00 e. The zero-order chi connectivity index (χ0) is 0. The van der Waals surface area contributed by atoms with Crippen molar-refractivity contribution in [2.45, 2.75) is 0 Å². The summed E-state index contributed by atoms with van der Waals surface area (Å²) in [7, 11) is 0. The third-order valence-corrected chi connectivity index (χ3v) is 0. The summed E-state index contributed by atoms with van der Waals surface area (Å²) in [4.78, 5) is 0. The molecule has 0 heterocycles. The minimum absolute atomic E-state index is 0. The molecule has 10 heavy (non-hydrogen) atoms. The zero-order valence-electron chi connectivity index (χ0n) is 4.52. The van der Waals surface area contributed by atoms with E-state index in [0.717, 1.165) is 0 Å². The summed E-state index contributed by atoms with van der Waals surface area (Å²) in [5.74, 6) is 0. The summed E-state index contributed by atoms with van der Waals surface area (Å²) >= 11 is 0. The molecule has 0 nitrogen and oxygen atoms in total. The van der Waals surface area contributed by atoms with E-state index in [1.807, 2.05) is 0 Å². The molecule has 0 saturated carbocycles. The monoisotopic (exact) mass is 394 g/mol. The van der Waals surface area contributed by atoms with Gasteiger partial charge in [0.15, 0.2) is 0 Å². The van der Waals surface area contributed by atoms with Crippen molar-refractivity contribution in [2.75, 3.05) is 0 Å². The van der Waals surface area contributed by atoms with Gasteiger partial charge in [0.25, 0.3) is 0 Å². The van der Waals surface area contributed by atoms with E-state index in [2.05, 4.69) is 0 Å². The second kappa shape index (κ2) is 206. The average molecular weight is 394 g/mol. The van der Waals surface area contributed by atoms with Gasteiger partial charge in [0.05, 0.1) is 0 Å². The third-order valence-electron chi connectivity index (χ3n) is 0. The molecule has 0 spiro atoms. The van der Waals surface area contributed by atoms with Crippen molar-refractivity contribution < 1.29 is 122 Å².